The number of carbonyl (C=O) groups excluding carboxylic acids is 2. The molecule has 0 bridgehead atoms. The number of carbonyl (C=O) groups is 2. The Bertz CT molecular complexity index is 976. The van der Waals surface area contributed by atoms with Crippen LogP contribution in [0.15, 0.2) is 47.4 Å². The molecule has 1 N–H and O–H groups in total. The number of halogens is 2. The number of ketones is 1. The molecule has 2 aromatic rings. The number of hydrogen-bond donors (Lipinski definition) is 1. The molecule has 0 fully saturated rings. The molecule has 0 aliphatic carbocycles. The van der Waals surface area contributed by atoms with Gasteiger partial charge in [-0.15, -0.1) is 0 Å². The smallest absolute Gasteiger partial charge is 0.240 e. The van der Waals surface area contributed by atoms with Gasteiger partial charge in [0.25, 0.3) is 0 Å². The Morgan fingerprint density at radius 3 is 2.29 bits per heavy atom. The van der Waals surface area contributed by atoms with Crippen LogP contribution in [0.3, 0.4) is 0 Å². The number of benzene rings is 2. The van der Waals surface area contributed by atoms with E-state index in [4.69, 9.17) is 0 Å². The van der Waals surface area contributed by atoms with Crippen molar-refractivity contribution >= 4 is 21.7 Å². The van der Waals surface area contributed by atoms with E-state index >= 15 is 0 Å². The minimum Gasteiger partial charge on any atom is -0.341 e. The van der Waals surface area contributed by atoms with E-state index in [1.165, 1.54) is 49.2 Å². The molecule has 0 saturated carbocycles. The topological polar surface area (TPSA) is 83.5 Å². The molecule has 0 atom stereocenters. The van der Waals surface area contributed by atoms with Crippen LogP contribution >= 0.6 is 0 Å². The maximum Gasteiger partial charge on any atom is 0.240 e. The van der Waals surface area contributed by atoms with E-state index in [1.807, 2.05) is 0 Å². The van der Waals surface area contributed by atoms with Crippen molar-refractivity contribution in [2.45, 2.75) is 24.8 Å². The molecule has 0 radical (unpaired) electrons. The molecule has 0 heterocycles. The Labute approximate surface area is 162 Å². The Kier molecular flexibility index (Phi) is 6.98. The fraction of sp³-hybridized carbons (Fsp3) is 0.263. The summed E-state index contributed by atoms with van der Waals surface area (Å²) in [6.07, 6.45) is -0.135. The molecule has 6 nitrogen and oxygen atoms in total. The summed E-state index contributed by atoms with van der Waals surface area (Å²) in [5, 5.41) is 0. The minimum atomic E-state index is -3.83. The van der Waals surface area contributed by atoms with Crippen molar-refractivity contribution in [3.8, 4) is 0 Å². The summed E-state index contributed by atoms with van der Waals surface area (Å²) in [5.74, 6) is -2.04. The number of nitrogens with zero attached hydrogens (tertiary/aromatic N) is 1. The summed E-state index contributed by atoms with van der Waals surface area (Å²) in [4.78, 5) is 24.6. The molecule has 0 spiro atoms. The molecule has 0 aromatic heterocycles. The van der Waals surface area contributed by atoms with Crippen molar-refractivity contribution in [2.75, 3.05) is 13.6 Å². The number of amides is 1. The van der Waals surface area contributed by atoms with Gasteiger partial charge in [-0.25, -0.2) is 21.9 Å². The zero-order valence-corrected chi connectivity index (χ0v) is 16.2. The standard InChI is InChI=1S/C19H20F2N2O4S/c1-13(24)14-4-7-17(8-5-14)28(26,27)22-10-9-19(25)23(2)12-15-3-6-16(20)11-18(15)21/h3-8,11,22H,9-10,12H2,1-2H3. The second kappa shape index (κ2) is 9.03. The van der Waals surface area contributed by atoms with Gasteiger partial charge < -0.3 is 4.90 Å². The zero-order chi connectivity index (χ0) is 20.9. The van der Waals surface area contributed by atoms with E-state index in [2.05, 4.69) is 4.72 Å². The van der Waals surface area contributed by atoms with E-state index in [-0.39, 0.29) is 35.8 Å². The second-order valence-electron chi connectivity index (χ2n) is 6.21. The summed E-state index contributed by atoms with van der Waals surface area (Å²) in [5.41, 5.74) is 0.548. The van der Waals surface area contributed by atoms with Gasteiger partial charge in [0.1, 0.15) is 11.6 Å². The third kappa shape index (κ3) is 5.67. The van der Waals surface area contributed by atoms with Crippen molar-refractivity contribution in [2.24, 2.45) is 0 Å². The number of hydrogen-bond acceptors (Lipinski definition) is 4. The monoisotopic (exact) mass is 410 g/mol. The number of sulfonamides is 1. The largest absolute Gasteiger partial charge is 0.341 e. The molecule has 0 saturated heterocycles. The van der Waals surface area contributed by atoms with E-state index in [1.54, 1.807) is 0 Å². The van der Waals surface area contributed by atoms with Crippen LogP contribution < -0.4 is 4.72 Å². The average molecular weight is 410 g/mol. The highest BCUT2D eigenvalue weighted by atomic mass is 32.2. The van der Waals surface area contributed by atoms with Gasteiger partial charge in [0.05, 0.1) is 4.90 Å². The fourth-order valence-electron chi connectivity index (χ4n) is 2.43. The highest BCUT2D eigenvalue weighted by molar-refractivity contribution is 7.89. The molecule has 2 aromatic carbocycles. The summed E-state index contributed by atoms with van der Waals surface area (Å²) in [6.45, 7) is 1.16. The van der Waals surface area contributed by atoms with Crippen molar-refractivity contribution in [3.63, 3.8) is 0 Å². The van der Waals surface area contributed by atoms with Crippen molar-refractivity contribution in [1.82, 2.24) is 9.62 Å². The van der Waals surface area contributed by atoms with Crippen molar-refractivity contribution in [3.05, 3.63) is 65.2 Å². The zero-order valence-electron chi connectivity index (χ0n) is 15.4. The summed E-state index contributed by atoms with van der Waals surface area (Å²) >= 11 is 0. The van der Waals surface area contributed by atoms with Crippen LogP contribution in [-0.4, -0.2) is 38.6 Å². The van der Waals surface area contributed by atoms with Crippen LogP contribution in [-0.2, 0) is 21.4 Å². The van der Waals surface area contributed by atoms with Gasteiger partial charge in [0, 0.05) is 43.8 Å². The summed E-state index contributed by atoms with van der Waals surface area (Å²) in [7, 11) is -2.38. The molecule has 0 aliphatic rings. The first-order chi connectivity index (χ1) is 13.1. The van der Waals surface area contributed by atoms with Crippen molar-refractivity contribution in [1.29, 1.82) is 0 Å². The molecule has 2 rings (SSSR count). The highest BCUT2D eigenvalue weighted by Crippen LogP contribution is 2.13. The Balaban J connectivity index is 1.90. The molecule has 150 valence electrons. The Morgan fingerprint density at radius 1 is 1.07 bits per heavy atom. The summed E-state index contributed by atoms with van der Waals surface area (Å²) < 4.78 is 53.3. The van der Waals surface area contributed by atoms with E-state index < -0.39 is 27.6 Å². The third-order valence-corrected chi connectivity index (χ3v) is 5.53. The van der Waals surface area contributed by atoms with Gasteiger partial charge in [-0.2, -0.15) is 0 Å². The summed E-state index contributed by atoms with van der Waals surface area (Å²) in [6, 6.07) is 8.53. The highest BCUT2D eigenvalue weighted by Gasteiger charge is 2.16. The van der Waals surface area contributed by atoms with E-state index in [0.29, 0.717) is 5.56 Å². The van der Waals surface area contributed by atoms with E-state index in [0.717, 1.165) is 12.1 Å². The minimum absolute atomic E-state index is 0.0216. The number of nitrogens with one attached hydrogen (secondary N) is 1. The fourth-order valence-corrected chi connectivity index (χ4v) is 3.46. The lowest BCUT2D eigenvalue weighted by Gasteiger charge is -2.18. The predicted molar refractivity (Wildman–Crippen MR) is 99.1 cm³/mol. The number of Topliss-reactive ketones (excluding diaryl/α,β-unsaturated/α-hetero) is 1. The lowest BCUT2D eigenvalue weighted by atomic mass is 10.2. The van der Waals surface area contributed by atoms with Crippen molar-refractivity contribution < 1.29 is 26.8 Å². The van der Waals surface area contributed by atoms with Crippen LogP contribution in [0.5, 0.6) is 0 Å². The third-order valence-electron chi connectivity index (χ3n) is 4.05. The maximum absolute atomic E-state index is 13.7. The Morgan fingerprint density at radius 2 is 1.71 bits per heavy atom. The normalized spacial score (nSPS) is 11.3. The lowest BCUT2D eigenvalue weighted by molar-refractivity contribution is -0.130. The molecular formula is C19H20F2N2O4S. The van der Waals surface area contributed by atoms with Crippen LogP contribution in [0.1, 0.15) is 29.3 Å². The quantitative estimate of drug-likeness (QED) is 0.678. The molecule has 1 amide bonds. The first kappa shape index (κ1) is 21.6. The molecule has 28 heavy (non-hydrogen) atoms. The first-order valence-electron chi connectivity index (χ1n) is 8.38. The van der Waals surface area contributed by atoms with Crippen LogP contribution in [0.2, 0.25) is 0 Å². The molecule has 0 unspecified atom stereocenters. The van der Waals surface area contributed by atoms with Crippen LogP contribution in [0, 0.1) is 11.6 Å². The number of rotatable bonds is 8. The van der Waals surface area contributed by atoms with Gasteiger partial charge >= 0.3 is 0 Å². The average Bonchev–Trinajstić information content (AvgIpc) is 2.63. The first-order valence-corrected chi connectivity index (χ1v) is 9.87. The Hall–Kier alpha value is -2.65. The van der Waals surface area contributed by atoms with Gasteiger partial charge in [0.15, 0.2) is 5.78 Å². The second-order valence-corrected chi connectivity index (χ2v) is 7.98. The molecular weight excluding hydrogens is 390 g/mol. The van der Waals surface area contributed by atoms with Gasteiger partial charge in [-0.05, 0) is 25.1 Å². The van der Waals surface area contributed by atoms with Gasteiger partial charge in [-0.1, -0.05) is 18.2 Å². The van der Waals surface area contributed by atoms with Gasteiger partial charge in [0.2, 0.25) is 15.9 Å². The molecule has 0 aliphatic heterocycles. The maximum atomic E-state index is 13.7. The lowest BCUT2D eigenvalue weighted by Crippen LogP contribution is -2.32. The van der Waals surface area contributed by atoms with Crippen LogP contribution in [0.25, 0.3) is 0 Å². The molecule has 9 heteroatoms. The van der Waals surface area contributed by atoms with E-state index in [9.17, 15) is 26.8 Å². The van der Waals surface area contributed by atoms with Gasteiger partial charge in [-0.3, -0.25) is 9.59 Å². The van der Waals surface area contributed by atoms with Crippen LogP contribution in [0.4, 0.5) is 8.78 Å². The SMILES string of the molecule is CC(=O)c1ccc(S(=O)(=O)NCCC(=O)N(C)Cc2ccc(F)cc2F)cc1. The predicted octanol–water partition coefficient (Wildman–Crippen LogP) is 2.49.